The minimum atomic E-state index is 0.358. The monoisotopic (exact) mass is 471 g/mol. The molecule has 0 aliphatic carbocycles. The lowest BCUT2D eigenvalue weighted by Crippen LogP contribution is -2.01. The smallest absolute Gasteiger partial charge is 0.161 e. The molecule has 0 aliphatic rings. The maximum Gasteiger partial charge on any atom is 0.161 e. The molecule has 1 aromatic heterocycles. The molecule has 0 unspecified atom stereocenters. The number of hydrogen-bond acceptors (Lipinski definition) is 6. The van der Waals surface area contributed by atoms with Gasteiger partial charge < -0.3 is 19.5 Å². The zero-order chi connectivity index (χ0) is 23.1. The van der Waals surface area contributed by atoms with Crippen LogP contribution in [0.2, 0.25) is 10.0 Å². The molecular formula is C24H23Cl2N3O3. The lowest BCUT2D eigenvalue weighted by atomic mass is 10.0. The number of halogens is 2. The summed E-state index contributed by atoms with van der Waals surface area (Å²) in [5.41, 5.74) is 2.96. The number of hydrogen-bond donors (Lipinski definition) is 1. The van der Waals surface area contributed by atoms with E-state index >= 15 is 0 Å². The van der Waals surface area contributed by atoms with Gasteiger partial charge in [0.25, 0.3) is 0 Å². The van der Waals surface area contributed by atoms with Crippen LogP contribution in [0, 0.1) is 11.3 Å². The number of pyridine rings is 1. The molecule has 3 aromatic rings. The van der Waals surface area contributed by atoms with Gasteiger partial charge in [0.05, 0.1) is 47.8 Å². The summed E-state index contributed by atoms with van der Waals surface area (Å²) in [7, 11) is 3.14. The summed E-state index contributed by atoms with van der Waals surface area (Å²) in [4.78, 5) is 4.22. The van der Waals surface area contributed by atoms with E-state index in [4.69, 9.17) is 37.4 Å². The standard InChI is InChI=1S/C24H23Cl2N3O3/c1-4-5-8-32-22-11-20(18(25)10-19(22)26)29-24-16(12-27)13-28-14-17(24)15-6-7-21(30-2)23(9-15)31-3/h6-7,9-11,13-14H,4-5,8H2,1-3H3,(H,28,29). The first-order valence-corrected chi connectivity index (χ1v) is 10.8. The molecule has 2 aromatic carbocycles. The average molecular weight is 472 g/mol. The van der Waals surface area contributed by atoms with Crippen LogP contribution in [0.15, 0.2) is 42.7 Å². The van der Waals surface area contributed by atoms with Crippen molar-refractivity contribution in [3.05, 3.63) is 58.3 Å². The van der Waals surface area contributed by atoms with E-state index < -0.39 is 0 Å². The second-order valence-corrected chi connectivity index (χ2v) is 7.70. The van der Waals surface area contributed by atoms with Crippen molar-refractivity contribution in [3.63, 3.8) is 0 Å². The van der Waals surface area contributed by atoms with Crippen molar-refractivity contribution >= 4 is 34.6 Å². The Hall–Kier alpha value is -3.14. The predicted octanol–water partition coefficient (Wildman–Crippen LogP) is 6.87. The van der Waals surface area contributed by atoms with Crippen molar-refractivity contribution in [3.8, 4) is 34.4 Å². The van der Waals surface area contributed by atoms with E-state index in [-0.39, 0.29) is 0 Å². The molecule has 0 atom stereocenters. The van der Waals surface area contributed by atoms with Crippen LogP contribution in [-0.4, -0.2) is 25.8 Å². The minimum Gasteiger partial charge on any atom is -0.493 e. The van der Waals surface area contributed by atoms with Crippen LogP contribution < -0.4 is 19.5 Å². The van der Waals surface area contributed by atoms with Gasteiger partial charge in [-0.1, -0.05) is 42.6 Å². The second-order valence-electron chi connectivity index (χ2n) is 6.88. The van der Waals surface area contributed by atoms with Gasteiger partial charge in [0.15, 0.2) is 11.5 Å². The molecule has 1 heterocycles. The minimum absolute atomic E-state index is 0.358. The summed E-state index contributed by atoms with van der Waals surface area (Å²) in [5.74, 6) is 1.69. The van der Waals surface area contributed by atoms with Gasteiger partial charge in [-0.15, -0.1) is 0 Å². The van der Waals surface area contributed by atoms with E-state index in [9.17, 15) is 5.26 Å². The Morgan fingerprint density at radius 1 is 1.00 bits per heavy atom. The van der Waals surface area contributed by atoms with E-state index in [0.29, 0.717) is 56.4 Å². The normalized spacial score (nSPS) is 10.4. The fraction of sp³-hybridized carbons (Fsp3) is 0.250. The molecule has 8 heteroatoms. The number of methoxy groups -OCH3 is 2. The van der Waals surface area contributed by atoms with Crippen molar-refractivity contribution in [2.75, 3.05) is 26.1 Å². The predicted molar refractivity (Wildman–Crippen MR) is 128 cm³/mol. The number of benzene rings is 2. The van der Waals surface area contributed by atoms with Crippen molar-refractivity contribution in [1.29, 1.82) is 5.26 Å². The SMILES string of the molecule is CCCCOc1cc(Nc2c(C#N)cncc2-c2ccc(OC)c(OC)c2)c(Cl)cc1Cl. The molecule has 0 bridgehead atoms. The Morgan fingerprint density at radius 2 is 1.78 bits per heavy atom. The second kappa shape index (κ2) is 10.9. The van der Waals surface area contributed by atoms with Crippen LogP contribution in [0.25, 0.3) is 11.1 Å². The number of aromatic nitrogens is 1. The van der Waals surface area contributed by atoms with E-state index in [1.165, 1.54) is 6.20 Å². The molecular weight excluding hydrogens is 449 g/mol. The van der Waals surface area contributed by atoms with Gasteiger partial charge in [-0.3, -0.25) is 4.98 Å². The number of ether oxygens (including phenoxy) is 3. The maximum atomic E-state index is 9.71. The topological polar surface area (TPSA) is 76.4 Å². The molecule has 0 aliphatic heterocycles. The third kappa shape index (κ3) is 5.18. The van der Waals surface area contributed by atoms with Crippen molar-refractivity contribution in [2.24, 2.45) is 0 Å². The summed E-state index contributed by atoms with van der Waals surface area (Å²) in [6.07, 6.45) is 5.09. The first-order chi connectivity index (χ1) is 15.5. The average Bonchev–Trinajstić information content (AvgIpc) is 2.81. The lowest BCUT2D eigenvalue weighted by molar-refractivity contribution is 0.310. The summed E-state index contributed by atoms with van der Waals surface area (Å²) < 4.78 is 16.5. The molecule has 0 saturated heterocycles. The molecule has 1 N–H and O–H groups in total. The summed E-state index contributed by atoms with van der Waals surface area (Å²) in [6.45, 7) is 2.63. The molecule has 3 rings (SSSR count). The third-order valence-electron chi connectivity index (χ3n) is 4.80. The first kappa shape index (κ1) is 23.5. The highest BCUT2D eigenvalue weighted by Crippen LogP contribution is 2.40. The highest BCUT2D eigenvalue weighted by atomic mass is 35.5. The molecule has 0 fully saturated rings. The Kier molecular flexibility index (Phi) is 8.04. The van der Waals surface area contributed by atoms with Crippen molar-refractivity contribution in [1.82, 2.24) is 4.98 Å². The zero-order valence-electron chi connectivity index (χ0n) is 18.0. The fourth-order valence-electron chi connectivity index (χ4n) is 3.10. The first-order valence-electron chi connectivity index (χ1n) is 10.0. The Labute approximate surface area is 197 Å². The zero-order valence-corrected chi connectivity index (χ0v) is 19.5. The molecule has 0 amide bonds. The van der Waals surface area contributed by atoms with Crippen molar-refractivity contribution < 1.29 is 14.2 Å². The number of rotatable bonds is 9. The molecule has 0 spiro atoms. The van der Waals surface area contributed by atoms with Gasteiger partial charge in [-0.25, -0.2) is 0 Å². The summed E-state index contributed by atoms with van der Waals surface area (Å²) in [6, 6.07) is 11.0. The highest BCUT2D eigenvalue weighted by molar-refractivity contribution is 6.37. The van der Waals surface area contributed by atoms with Gasteiger partial charge in [-0.2, -0.15) is 5.26 Å². The number of nitrogens with zero attached hydrogens (tertiary/aromatic N) is 2. The summed E-state index contributed by atoms with van der Waals surface area (Å²) in [5, 5.41) is 13.8. The van der Waals surface area contributed by atoms with Gasteiger partial charge in [-0.05, 0) is 30.2 Å². The van der Waals surface area contributed by atoms with Crippen LogP contribution in [0.5, 0.6) is 17.2 Å². The Morgan fingerprint density at radius 3 is 2.47 bits per heavy atom. The number of nitrogens with one attached hydrogen (secondary N) is 1. The number of unbranched alkanes of at least 4 members (excludes halogenated alkanes) is 1. The van der Waals surface area contributed by atoms with Gasteiger partial charge in [0.2, 0.25) is 0 Å². The molecule has 0 radical (unpaired) electrons. The lowest BCUT2D eigenvalue weighted by Gasteiger charge is -2.17. The fourth-order valence-corrected chi connectivity index (χ4v) is 3.58. The largest absolute Gasteiger partial charge is 0.493 e. The number of anilines is 2. The quantitative estimate of drug-likeness (QED) is 0.343. The molecule has 32 heavy (non-hydrogen) atoms. The van der Waals surface area contributed by atoms with Gasteiger partial charge in [0.1, 0.15) is 11.8 Å². The van der Waals surface area contributed by atoms with E-state index in [0.717, 1.165) is 18.4 Å². The molecule has 0 saturated carbocycles. The molecule has 166 valence electrons. The number of nitriles is 1. The van der Waals surface area contributed by atoms with Crippen LogP contribution in [-0.2, 0) is 0 Å². The van der Waals surface area contributed by atoms with Gasteiger partial charge >= 0.3 is 0 Å². The van der Waals surface area contributed by atoms with E-state index in [2.05, 4.69) is 23.3 Å². The van der Waals surface area contributed by atoms with Crippen molar-refractivity contribution in [2.45, 2.75) is 19.8 Å². The van der Waals surface area contributed by atoms with E-state index in [1.807, 2.05) is 12.1 Å². The van der Waals surface area contributed by atoms with E-state index in [1.54, 1.807) is 38.6 Å². The van der Waals surface area contributed by atoms with Gasteiger partial charge in [0, 0.05) is 24.0 Å². The Balaban J connectivity index is 2.06. The highest BCUT2D eigenvalue weighted by Gasteiger charge is 2.16. The third-order valence-corrected chi connectivity index (χ3v) is 5.41. The maximum absolute atomic E-state index is 9.71. The van der Waals surface area contributed by atoms with Crippen LogP contribution in [0.3, 0.4) is 0 Å². The molecule has 6 nitrogen and oxygen atoms in total. The summed E-state index contributed by atoms with van der Waals surface area (Å²) >= 11 is 12.8. The Bertz CT molecular complexity index is 1150. The van der Waals surface area contributed by atoms with Crippen LogP contribution >= 0.6 is 23.2 Å². The van der Waals surface area contributed by atoms with Crippen LogP contribution in [0.4, 0.5) is 11.4 Å². The van der Waals surface area contributed by atoms with Crippen LogP contribution in [0.1, 0.15) is 25.3 Å².